The van der Waals surface area contributed by atoms with Gasteiger partial charge < -0.3 is 15.2 Å². The van der Waals surface area contributed by atoms with Crippen molar-refractivity contribution in [2.45, 2.75) is 27.2 Å². The predicted octanol–water partition coefficient (Wildman–Crippen LogP) is 5.63. The lowest BCUT2D eigenvalue weighted by atomic mass is 10.1. The van der Waals surface area contributed by atoms with E-state index in [0.717, 1.165) is 39.6 Å². The van der Waals surface area contributed by atoms with Gasteiger partial charge in [0.05, 0.1) is 35.3 Å². The van der Waals surface area contributed by atoms with Gasteiger partial charge in [0.15, 0.2) is 0 Å². The van der Waals surface area contributed by atoms with Gasteiger partial charge in [-0.15, -0.1) is 11.3 Å². The van der Waals surface area contributed by atoms with Crippen molar-refractivity contribution in [1.29, 1.82) is 0 Å². The van der Waals surface area contributed by atoms with Crippen molar-refractivity contribution >= 4 is 28.8 Å². The molecule has 4 rings (SSSR count). The molecule has 8 heteroatoms. The lowest BCUT2D eigenvalue weighted by molar-refractivity contribution is 0.0698. The first-order valence-electron chi connectivity index (χ1n) is 10.2. The fourth-order valence-electron chi connectivity index (χ4n) is 3.53. The molecule has 0 atom stereocenters. The standard InChI is InChI=1S/C24H24N4O3S/c1-5-16-13-32-23(25-16)21-15(3)27-28(19-8-6-7-9-20(19)31-4)22(21)26-18-11-10-14(2)12-17(18)24(29)30/h6-13,26H,5H2,1-4H3,(H,29,30). The zero-order chi connectivity index (χ0) is 22.8. The molecule has 0 aliphatic carbocycles. The molecule has 2 N–H and O–H groups in total. The molecule has 2 heterocycles. The Bertz CT molecular complexity index is 1290. The summed E-state index contributed by atoms with van der Waals surface area (Å²) in [7, 11) is 1.61. The summed E-state index contributed by atoms with van der Waals surface area (Å²) in [5, 5.41) is 20.8. The zero-order valence-corrected chi connectivity index (χ0v) is 19.2. The molecule has 4 aromatic rings. The van der Waals surface area contributed by atoms with Crippen LogP contribution >= 0.6 is 11.3 Å². The molecule has 0 unspecified atom stereocenters. The van der Waals surface area contributed by atoms with Crippen molar-refractivity contribution in [3.8, 4) is 22.0 Å². The van der Waals surface area contributed by atoms with E-state index in [1.165, 1.54) is 0 Å². The highest BCUT2D eigenvalue weighted by Crippen LogP contribution is 2.39. The second-order valence-electron chi connectivity index (χ2n) is 7.37. The van der Waals surface area contributed by atoms with Gasteiger partial charge in [-0.2, -0.15) is 5.10 Å². The maximum absolute atomic E-state index is 11.9. The van der Waals surface area contributed by atoms with E-state index >= 15 is 0 Å². The maximum atomic E-state index is 11.9. The maximum Gasteiger partial charge on any atom is 0.337 e. The fourth-order valence-corrected chi connectivity index (χ4v) is 4.53. The van der Waals surface area contributed by atoms with Crippen LogP contribution in [0.3, 0.4) is 0 Å². The lowest BCUT2D eigenvalue weighted by Gasteiger charge is -2.15. The van der Waals surface area contributed by atoms with Gasteiger partial charge in [0.2, 0.25) is 0 Å². The van der Waals surface area contributed by atoms with Crippen molar-refractivity contribution < 1.29 is 14.6 Å². The number of para-hydroxylation sites is 2. The Labute approximate surface area is 190 Å². The van der Waals surface area contributed by atoms with Gasteiger partial charge in [-0.25, -0.2) is 14.5 Å². The van der Waals surface area contributed by atoms with Crippen molar-refractivity contribution in [1.82, 2.24) is 14.8 Å². The van der Waals surface area contributed by atoms with Crippen LogP contribution in [0, 0.1) is 13.8 Å². The molecule has 0 aliphatic heterocycles. The Morgan fingerprint density at radius 2 is 2.00 bits per heavy atom. The number of hydrogen-bond acceptors (Lipinski definition) is 6. The van der Waals surface area contributed by atoms with Crippen LogP contribution in [0.5, 0.6) is 5.75 Å². The third-order valence-electron chi connectivity index (χ3n) is 5.16. The first-order chi connectivity index (χ1) is 15.4. The topological polar surface area (TPSA) is 89.3 Å². The molecule has 2 aromatic carbocycles. The van der Waals surface area contributed by atoms with Crippen LogP contribution in [0.25, 0.3) is 16.3 Å². The van der Waals surface area contributed by atoms with Crippen LogP contribution in [0.15, 0.2) is 47.8 Å². The fraction of sp³-hybridized carbons (Fsp3) is 0.208. The number of ether oxygens (including phenoxy) is 1. The first-order valence-corrected chi connectivity index (χ1v) is 11.1. The van der Waals surface area contributed by atoms with Crippen LogP contribution in [-0.4, -0.2) is 33.0 Å². The Balaban J connectivity index is 1.96. The van der Waals surface area contributed by atoms with Crippen molar-refractivity contribution in [3.63, 3.8) is 0 Å². The van der Waals surface area contributed by atoms with Gasteiger partial charge in [-0.05, 0) is 44.5 Å². The van der Waals surface area contributed by atoms with E-state index in [9.17, 15) is 9.90 Å². The van der Waals surface area contributed by atoms with E-state index < -0.39 is 5.97 Å². The average molecular weight is 449 g/mol. The normalized spacial score (nSPS) is 10.9. The molecule has 0 amide bonds. The highest BCUT2D eigenvalue weighted by molar-refractivity contribution is 7.13. The van der Waals surface area contributed by atoms with Crippen LogP contribution < -0.4 is 10.1 Å². The van der Waals surface area contributed by atoms with Crippen LogP contribution in [0.1, 0.15) is 34.2 Å². The molecule has 0 bridgehead atoms. The van der Waals surface area contributed by atoms with Gasteiger partial charge in [0.1, 0.15) is 22.3 Å². The number of methoxy groups -OCH3 is 1. The summed E-state index contributed by atoms with van der Waals surface area (Å²) >= 11 is 1.55. The van der Waals surface area contributed by atoms with E-state index in [4.69, 9.17) is 14.8 Å². The number of rotatable bonds is 7. The summed E-state index contributed by atoms with van der Waals surface area (Å²) in [4.78, 5) is 16.7. The quantitative estimate of drug-likeness (QED) is 0.381. The molecule has 0 fully saturated rings. The second kappa shape index (κ2) is 8.84. The molecule has 2 aromatic heterocycles. The van der Waals surface area contributed by atoms with Crippen molar-refractivity contribution in [2.75, 3.05) is 12.4 Å². The number of nitrogens with zero attached hydrogens (tertiary/aromatic N) is 3. The smallest absolute Gasteiger partial charge is 0.337 e. The number of aromatic nitrogens is 3. The lowest BCUT2D eigenvalue weighted by Crippen LogP contribution is -2.08. The van der Waals surface area contributed by atoms with Gasteiger partial charge in [-0.1, -0.05) is 30.7 Å². The SMILES string of the molecule is CCc1csc(-c2c(C)nn(-c3ccccc3OC)c2Nc2ccc(C)cc2C(=O)O)n1. The minimum Gasteiger partial charge on any atom is -0.494 e. The van der Waals surface area contributed by atoms with Gasteiger partial charge >= 0.3 is 5.97 Å². The largest absolute Gasteiger partial charge is 0.494 e. The summed E-state index contributed by atoms with van der Waals surface area (Å²) in [6.07, 6.45) is 0.833. The number of nitrogens with one attached hydrogen (secondary N) is 1. The van der Waals surface area contributed by atoms with Crippen LogP contribution in [-0.2, 0) is 6.42 Å². The Kier molecular flexibility index (Phi) is 5.96. The Morgan fingerprint density at radius 3 is 2.69 bits per heavy atom. The third-order valence-corrected chi connectivity index (χ3v) is 6.07. The third kappa shape index (κ3) is 3.97. The molecule has 164 valence electrons. The first kappa shape index (κ1) is 21.6. The van der Waals surface area contributed by atoms with E-state index in [0.29, 0.717) is 17.3 Å². The summed E-state index contributed by atoms with van der Waals surface area (Å²) in [5.41, 5.74) is 4.89. The monoisotopic (exact) mass is 448 g/mol. The van der Waals surface area contributed by atoms with Crippen LogP contribution in [0.2, 0.25) is 0 Å². The second-order valence-corrected chi connectivity index (χ2v) is 8.23. The molecule has 0 aliphatic rings. The summed E-state index contributed by atoms with van der Waals surface area (Å²) in [6, 6.07) is 12.9. The number of benzene rings is 2. The number of carboxylic acids is 1. The highest BCUT2D eigenvalue weighted by atomic mass is 32.1. The average Bonchev–Trinajstić information content (AvgIpc) is 3.38. The Hall–Kier alpha value is -3.65. The van der Waals surface area contributed by atoms with E-state index in [-0.39, 0.29) is 5.56 Å². The van der Waals surface area contributed by atoms with Crippen LogP contribution in [0.4, 0.5) is 11.5 Å². The van der Waals surface area contributed by atoms with Gasteiger partial charge in [0.25, 0.3) is 0 Å². The summed E-state index contributed by atoms with van der Waals surface area (Å²) in [6.45, 7) is 5.86. The molecule has 0 saturated carbocycles. The Morgan fingerprint density at radius 1 is 1.22 bits per heavy atom. The van der Waals surface area contributed by atoms with Gasteiger partial charge in [-0.3, -0.25) is 0 Å². The molecule has 7 nitrogen and oxygen atoms in total. The predicted molar refractivity (Wildman–Crippen MR) is 127 cm³/mol. The van der Waals surface area contributed by atoms with E-state index in [1.807, 2.05) is 49.6 Å². The number of aromatic carboxylic acids is 1. The summed E-state index contributed by atoms with van der Waals surface area (Å²) in [5.74, 6) is 0.288. The zero-order valence-electron chi connectivity index (χ0n) is 18.3. The molecule has 32 heavy (non-hydrogen) atoms. The number of thiazole rings is 1. The molecule has 0 spiro atoms. The number of anilines is 2. The molecular weight excluding hydrogens is 424 g/mol. The number of carbonyl (C=O) groups is 1. The van der Waals surface area contributed by atoms with Crippen molar-refractivity contribution in [3.05, 3.63) is 70.4 Å². The van der Waals surface area contributed by atoms with Gasteiger partial charge in [0, 0.05) is 5.38 Å². The molecular formula is C24H24N4O3S. The minimum atomic E-state index is -1.000. The van der Waals surface area contributed by atoms with Crippen molar-refractivity contribution in [2.24, 2.45) is 0 Å². The van der Waals surface area contributed by atoms with E-state index in [1.54, 1.807) is 35.3 Å². The number of aryl methyl sites for hydroxylation is 3. The summed E-state index contributed by atoms with van der Waals surface area (Å²) < 4.78 is 7.32. The highest BCUT2D eigenvalue weighted by Gasteiger charge is 2.24. The number of hydrogen-bond donors (Lipinski definition) is 2. The van der Waals surface area contributed by atoms with E-state index in [2.05, 4.69) is 12.2 Å². The minimum absolute atomic E-state index is 0.190. The molecule has 0 saturated heterocycles. The number of carboxylic acid groups (broad SMARTS) is 1. The molecule has 0 radical (unpaired) electrons.